The number of hydrogen-bond acceptors (Lipinski definition) is 4. The second-order valence-electron chi connectivity index (χ2n) is 4.15. The second kappa shape index (κ2) is 4.91. The van der Waals surface area contributed by atoms with Crippen LogP contribution in [0.1, 0.15) is 27.6 Å². The number of oxazole rings is 1. The molecule has 0 aliphatic heterocycles. The molecule has 0 atom stereocenters. The molecular formula is C13H14N2O3. The standard InChI is InChI=1S/C13H14N2O3/c1-8-3-9(2)5-10(4-8)14-7-12-15-6-11(18-12)13(16)17/h3-6,14H,7H2,1-2H3,(H,16,17). The molecule has 1 aromatic heterocycles. The van der Waals surface area contributed by atoms with Crippen LogP contribution in [0, 0.1) is 13.8 Å². The minimum Gasteiger partial charge on any atom is -0.475 e. The fourth-order valence-electron chi connectivity index (χ4n) is 1.75. The van der Waals surface area contributed by atoms with Crippen LogP contribution in [0.3, 0.4) is 0 Å². The maximum atomic E-state index is 10.6. The summed E-state index contributed by atoms with van der Waals surface area (Å²) in [5.41, 5.74) is 3.29. The Kier molecular flexibility index (Phi) is 3.32. The van der Waals surface area contributed by atoms with E-state index in [1.165, 1.54) is 6.20 Å². The van der Waals surface area contributed by atoms with E-state index < -0.39 is 5.97 Å². The molecule has 0 unspecified atom stereocenters. The lowest BCUT2D eigenvalue weighted by Crippen LogP contribution is -2.00. The van der Waals surface area contributed by atoms with Gasteiger partial charge in [0.1, 0.15) is 0 Å². The van der Waals surface area contributed by atoms with Crippen LogP contribution in [0.4, 0.5) is 5.69 Å². The smallest absolute Gasteiger partial charge is 0.373 e. The van der Waals surface area contributed by atoms with Gasteiger partial charge in [-0.15, -0.1) is 0 Å². The van der Waals surface area contributed by atoms with E-state index in [-0.39, 0.29) is 5.76 Å². The molecule has 94 valence electrons. The van der Waals surface area contributed by atoms with Crippen molar-refractivity contribution in [3.63, 3.8) is 0 Å². The van der Waals surface area contributed by atoms with Gasteiger partial charge in [0.05, 0.1) is 12.7 Å². The monoisotopic (exact) mass is 246 g/mol. The van der Waals surface area contributed by atoms with E-state index in [0.29, 0.717) is 12.4 Å². The molecule has 0 fully saturated rings. The summed E-state index contributed by atoms with van der Waals surface area (Å²) >= 11 is 0. The number of benzene rings is 1. The highest BCUT2D eigenvalue weighted by atomic mass is 16.4. The first-order valence-corrected chi connectivity index (χ1v) is 5.55. The van der Waals surface area contributed by atoms with Crippen LogP contribution >= 0.6 is 0 Å². The van der Waals surface area contributed by atoms with Gasteiger partial charge < -0.3 is 14.8 Å². The van der Waals surface area contributed by atoms with Crippen LogP contribution in [-0.2, 0) is 6.54 Å². The van der Waals surface area contributed by atoms with Gasteiger partial charge in [-0.2, -0.15) is 0 Å². The lowest BCUT2D eigenvalue weighted by Gasteiger charge is -2.06. The normalized spacial score (nSPS) is 10.3. The van der Waals surface area contributed by atoms with Crippen molar-refractivity contribution < 1.29 is 14.3 Å². The summed E-state index contributed by atoms with van der Waals surface area (Å²) in [6.07, 6.45) is 1.21. The molecule has 0 aliphatic rings. The largest absolute Gasteiger partial charge is 0.475 e. The van der Waals surface area contributed by atoms with E-state index in [9.17, 15) is 4.79 Å². The topological polar surface area (TPSA) is 75.4 Å². The summed E-state index contributed by atoms with van der Waals surface area (Å²) in [4.78, 5) is 14.5. The maximum absolute atomic E-state index is 10.6. The average Bonchev–Trinajstić information content (AvgIpc) is 2.73. The summed E-state index contributed by atoms with van der Waals surface area (Å²) in [6, 6.07) is 6.10. The number of aromatic carboxylic acids is 1. The third-order valence-electron chi connectivity index (χ3n) is 2.43. The van der Waals surface area contributed by atoms with E-state index in [1.54, 1.807) is 0 Å². The SMILES string of the molecule is Cc1cc(C)cc(NCc2ncc(C(=O)O)o2)c1. The molecule has 2 aromatic rings. The predicted molar refractivity (Wildman–Crippen MR) is 66.7 cm³/mol. The molecule has 5 heteroatoms. The van der Waals surface area contributed by atoms with Crippen LogP contribution in [0.25, 0.3) is 0 Å². The lowest BCUT2D eigenvalue weighted by molar-refractivity contribution is 0.0660. The number of nitrogens with one attached hydrogen (secondary N) is 1. The lowest BCUT2D eigenvalue weighted by atomic mass is 10.1. The van der Waals surface area contributed by atoms with Crippen molar-refractivity contribution in [1.82, 2.24) is 4.98 Å². The van der Waals surface area contributed by atoms with Gasteiger partial charge >= 0.3 is 5.97 Å². The number of nitrogens with zero attached hydrogens (tertiary/aromatic N) is 1. The summed E-state index contributed by atoms with van der Waals surface area (Å²) in [6.45, 7) is 4.40. The highest BCUT2D eigenvalue weighted by molar-refractivity contribution is 5.83. The molecule has 0 amide bonds. The zero-order chi connectivity index (χ0) is 13.1. The number of carboxylic acids is 1. The van der Waals surface area contributed by atoms with Crippen molar-refractivity contribution in [2.75, 3.05) is 5.32 Å². The van der Waals surface area contributed by atoms with Crippen LogP contribution in [0.5, 0.6) is 0 Å². The fourth-order valence-corrected chi connectivity index (χ4v) is 1.75. The average molecular weight is 246 g/mol. The fraction of sp³-hybridized carbons (Fsp3) is 0.231. The summed E-state index contributed by atoms with van der Waals surface area (Å²) < 4.78 is 5.05. The molecule has 0 aliphatic carbocycles. The highest BCUT2D eigenvalue weighted by Gasteiger charge is 2.10. The first-order chi connectivity index (χ1) is 8.54. The summed E-state index contributed by atoms with van der Waals surface area (Å²) in [5.74, 6) is -0.904. The van der Waals surface area contributed by atoms with E-state index in [2.05, 4.69) is 16.4 Å². The third kappa shape index (κ3) is 2.88. The molecule has 0 bridgehead atoms. The van der Waals surface area contributed by atoms with Crippen LogP contribution in [0.2, 0.25) is 0 Å². The Hall–Kier alpha value is -2.30. The number of aryl methyl sites for hydroxylation is 2. The number of anilines is 1. The van der Waals surface area contributed by atoms with Gasteiger partial charge in [-0.25, -0.2) is 9.78 Å². The molecule has 0 saturated heterocycles. The minimum absolute atomic E-state index is 0.146. The van der Waals surface area contributed by atoms with Crippen LogP contribution in [-0.4, -0.2) is 16.1 Å². The van der Waals surface area contributed by atoms with Crippen molar-refractivity contribution in [3.05, 3.63) is 47.2 Å². The van der Waals surface area contributed by atoms with Gasteiger partial charge in [0, 0.05) is 5.69 Å². The molecule has 2 N–H and O–H groups in total. The van der Waals surface area contributed by atoms with E-state index in [0.717, 1.165) is 16.8 Å². The Labute approximate surface area is 104 Å². The first kappa shape index (κ1) is 12.2. The van der Waals surface area contributed by atoms with Gasteiger partial charge in [0.25, 0.3) is 0 Å². The zero-order valence-electron chi connectivity index (χ0n) is 10.2. The molecule has 0 radical (unpaired) electrons. The number of carbonyl (C=O) groups is 1. The molecular weight excluding hydrogens is 232 g/mol. The van der Waals surface area contributed by atoms with Crippen molar-refractivity contribution >= 4 is 11.7 Å². The minimum atomic E-state index is -1.11. The highest BCUT2D eigenvalue weighted by Crippen LogP contribution is 2.15. The second-order valence-corrected chi connectivity index (χ2v) is 4.15. The Balaban J connectivity index is 2.04. The number of aromatic nitrogens is 1. The van der Waals surface area contributed by atoms with E-state index in [4.69, 9.17) is 9.52 Å². The number of carboxylic acid groups (broad SMARTS) is 1. The van der Waals surface area contributed by atoms with Crippen LogP contribution < -0.4 is 5.32 Å². The molecule has 1 aromatic carbocycles. The molecule has 0 saturated carbocycles. The van der Waals surface area contributed by atoms with Gasteiger partial charge in [-0.05, 0) is 37.1 Å². The van der Waals surface area contributed by atoms with Crippen molar-refractivity contribution in [2.24, 2.45) is 0 Å². The maximum Gasteiger partial charge on any atom is 0.373 e. The van der Waals surface area contributed by atoms with Gasteiger partial charge in [0.15, 0.2) is 0 Å². The van der Waals surface area contributed by atoms with E-state index in [1.807, 2.05) is 26.0 Å². The Bertz CT molecular complexity index is 555. The predicted octanol–water partition coefficient (Wildman–Crippen LogP) is 2.60. The first-order valence-electron chi connectivity index (χ1n) is 5.55. The Morgan fingerprint density at radius 3 is 2.56 bits per heavy atom. The zero-order valence-corrected chi connectivity index (χ0v) is 10.2. The molecule has 18 heavy (non-hydrogen) atoms. The van der Waals surface area contributed by atoms with Gasteiger partial charge in [-0.1, -0.05) is 6.07 Å². The van der Waals surface area contributed by atoms with Crippen molar-refractivity contribution in [1.29, 1.82) is 0 Å². The van der Waals surface area contributed by atoms with Crippen LogP contribution in [0.15, 0.2) is 28.8 Å². The van der Waals surface area contributed by atoms with Gasteiger partial charge in [0.2, 0.25) is 11.7 Å². The number of rotatable bonds is 4. The summed E-state index contributed by atoms with van der Waals surface area (Å²) in [7, 11) is 0. The third-order valence-corrected chi connectivity index (χ3v) is 2.43. The Morgan fingerprint density at radius 1 is 1.33 bits per heavy atom. The molecule has 1 heterocycles. The molecule has 5 nitrogen and oxygen atoms in total. The van der Waals surface area contributed by atoms with E-state index >= 15 is 0 Å². The molecule has 0 spiro atoms. The van der Waals surface area contributed by atoms with Crippen molar-refractivity contribution in [3.8, 4) is 0 Å². The quantitative estimate of drug-likeness (QED) is 0.867. The Morgan fingerprint density at radius 2 is 2.00 bits per heavy atom. The van der Waals surface area contributed by atoms with Gasteiger partial charge in [-0.3, -0.25) is 0 Å². The summed E-state index contributed by atoms with van der Waals surface area (Å²) in [5, 5.41) is 11.8. The van der Waals surface area contributed by atoms with Crippen molar-refractivity contribution in [2.45, 2.75) is 20.4 Å². The molecule has 2 rings (SSSR count). The number of hydrogen-bond donors (Lipinski definition) is 2.